The molecule has 150 valence electrons. The molecule has 4 nitrogen and oxygen atoms in total. The van der Waals surface area contributed by atoms with Crippen LogP contribution in [0.15, 0.2) is 78.9 Å². The Balaban J connectivity index is 2.23. The van der Waals surface area contributed by atoms with E-state index < -0.39 is 0 Å². The van der Waals surface area contributed by atoms with E-state index >= 15 is 0 Å². The first-order valence-corrected chi connectivity index (χ1v) is 9.65. The topological polar surface area (TPSA) is 44.8 Å². The van der Waals surface area contributed by atoms with Gasteiger partial charge in [0.2, 0.25) is 0 Å². The lowest BCUT2D eigenvalue weighted by Crippen LogP contribution is -2.04. The summed E-state index contributed by atoms with van der Waals surface area (Å²) in [5.74, 6) is 1.33. The number of hydrogen-bond donors (Lipinski definition) is 0. The summed E-state index contributed by atoms with van der Waals surface area (Å²) in [7, 11) is 3.26. The van der Waals surface area contributed by atoms with Gasteiger partial charge in [0.1, 0.15) is 5.75 Å². The SMILES string of the molecule is COc1c(OC)c(-c2ccccc2)c2c(OC(C)=O)cccc2c1-c1ccccc1. The lowest BCUT2D eigenvalue weighted by atomic mass is 9.89. The number of methoxy groups -OCH3 is 2. The van der Waals surface area contributed by atoms with Crippen LogP contribution >= 0.6 is 0 Å². The fraction of sp³-hybridized carbons (Fsp3) is 0.115. The van der Waals surface area contributed by atoms with Gasteiger partial charge >= 0.3 is 5.97 Å². The van der Waals surface area contributed by atoms with Crippen LogP contribution in [0.25, 0.3) is 33.0 Å². The minimum atomic E-state index is -0.377. The van der Waals surface area contributed by atoms with E-state index in [9.17, 15) is 4.79 Å². The number of rotatable bonds is 5. The van der Waals surface area contributed by atoms with Crippen LogP contribution in [-0.4, -0.2) is 20.2 Å². The summed E-state index contributed by atoms with van der Waals surface area (Å²) in [6.45, 7) is 1.40. The average molecular weight is 398 g/mol. The Hall–Kier alpha value is -3.79. The summed E-state index contributed by atoms with van der Waals surface area (Å²) in [5.41, 5.74) is 3.63. The zero-order chi connectivity index (χ0) is 21.1. The molecule has 0 heterocycles. The first-order chi connectivity index (χ1) is 14.7. The van der Waals surface area contributed by atoms with Crippen molar-refractivity contribution in [1.29, 1.82) is 0 Å². The van der Waals surface area contributed by atoms with E-state index in [1.807, 2.05) is 72.8 Å². The Bertz CT molecular complexity index is 1200. The van der Waals surface area contributed by atoms with Gasteiger partial charge in [0.25, 0.3) is 0 Å². The molecule has 4 rings (SSSR count). The first kappa shape index (κ1) is 19.5. The van der Waals surface area contributed by atoms with E-state index in [4.69, 9.17) is 14.2 Å². The smallest absolute Gasteiger partial charge is 0.308 e. The molecule has 4 aromatic carbocycles. The highest BCUT2D eigenvalue weighted by molar-refractivity contribution is 6.13. The van der Waals surface area contributed by atoms with E-state index in [0.717, 1.165) is 33.0 Å². The fourth-order valence-corrected chi connectivity index (χ4v) is 3.86. The minimum Gasteiger partial charge on any atom is -0.492 e. The maximum atomic E-state index is 11.9. The molecule has 30 heavy (non-hydrogen) atoms. The number of benzene rings is 4. The molecule has 0 aliphatic rings. The Morgan fingerprint density at radius 1 is 0.667 bits per heavy atom. The molecule has 0 spiro atoms. The zero-order valence-electron chi connectivity index (χ0n) is 17.1. The highest BCUT2D eigenvalue weighted by atomic mass is 16.5. The molecular formula is C26H22O4. The van der Waals surface area contributed by atoms with Gasteiger partial charge in [0.05, 0.1) is 14.2 Å². The van der Waals surface area contributed by atoms with Crippen LogP contribution in [0.5, 0.6) is 17.2 Å². The van der Waals surface area contributed by atoms with Gasteiger partial charge in [-0.2, -0.15) is 0 Å². The second-order valence-electron chi connectivity index (χ2n) is 6.82. The molecule has 0 fully saturated rings. The van der Waals surface area contributed by atoms with Crippen molar-refractivity contribution in [1.82, 2.24) is 0 Å². The van der Waals surface area contributed by atoms with Crippen molar-refractivity contribution in [2.45, 2.75) is 6.92 Å². The Morgan fingerprint density at radius 2 is 1.20 bits per heavy atom. The van der Waals surface area contributed by atoms with Crippen molar-refractivity contribution >= 4 is 16.7 Å². The standard InChI is InChI=1S/C26H22O4/c1-17(27)30-21-16-10-15-20-22(18-11-6-4-7-12-18)25(28-2)26(29-3)23(24(20)21)19-13-8-5-9-14-19/h4-16H,1-3H3. The van der Waals surface area contributed by atoms with Gasteiger partial charge in [-0.1, -0.05) is 72.8 Å². The maximum Gasteiger partial charge on any atom is 0.308 e. The molecule has 0 aromatic heterocycles. The van der Waals surface area contributed by atoms with E-state index in [-0.39, 0.29) is 5.97 Å². The van der Waals surface area contributed by atoms with Crippen molar-refractivity contribution in [2.75, 3.05) is 14.2 Å². The van der Waals surface area contributed by atoms with Gasteiger partial charge in [-0.25, -0.2) is 0 Å². The average Bonchev–Trinajstić information content (AvgIpc) is 2.78. The van der Waals surface area contributed by atoms with E-state index in [0.29, 0.717) is 17.2 Å². The summed E-state index contributed by atoms with van der Waals surface area (Å²) in [6, 6.07) is 25.6. The van der Waals surface area contributed by atoms with Crippen LogP contribution in [-0.2, 0) is 4.79 Å². The van der Waals surface area contributed by atoms with Gasteiger partial charge in [0, 0.05) is 23.4 Å². The Labute approximate surface area is 175 Å². The lowest BCUT2D eigenvalue weighted by molar-refractivity contribution is -0.131. The number of carbonyl (C=O) groups is 1. The normalized spacial score (nSPS) is 10.6. The summed E-state index contributed by atoms with van der Waals surface area (Å²) in [6.07, 6.45) is 0. The van der Waals surface area contributed by atoms with Crippen LogP contribution in [0.2, 0.25) is 0 Å². The minimum absolute atomic E-state index is 0.377. The van der Waals surface area contributed by atoms with Crippen LogP contribution in [0.3, 0.4) is 0 Å². The van der Waals surface area contributed by atoms with Gasteiger partial charge in [-0.3, -0.25) is 4.79 Å². The molecule has 0 aliphatic heterocycles. The highest BCUT2D eigenvalue weighted by Gasteiger charge is 2.25. The van der Waals surface area contributed by atoms with Crippen LogP contribution in [0.4, 0.5) is 0 Å². The molecule has 0 saturated carbocycles. The summed E-state index contributed by atoms with van der Waals surface area (Å²) in [5, 5.41) is 1.71. The lowest BCUT2D eigenvalue weighted by Gasteiger charge is -2.22. The molecule has 0 amide bonds. The molecule has 0 saturated heterocycles. The fourth-order valence-electron chi connectivity index (χ4n) is 3.86. The van der Waals surface area contributed by atoms with E-state index in [2.05, 4.69) is 0 Å². The van der Waals surface area contributed by atoms with Crippen molar-refractivity contribution in [3.8, 4) is 39.5 Å². The van der Waals surface area contributed by atoms with E-state index in [1.165, 1.54) is 6.92 Å². The highest BCUT2D eigenvalue weighted by Crippen LogP contribution is 2.52. The van der Waals surface area contributed by atoms with Crippen molar-refractivity contribution in [2.24, 2.45) is 0 Å². The molecule has 0 unspecified atom stereocenters. The van der Waals surface area contributed by atoms with Crippen LogP contribution in [0, 0.1) is 0 Å². The molecule has 4 heteroatoms. The monoisotopic (exact) mass is 398 g/mol. The third-order valence-corrected chi connectivity index (χ3v) is 4.99. The molecule has 0 bridgehead atoms. The number of fused-ring (bicyclic) bond motifs is 1. The number of esters is 1. The largest absolute Gasteiger partial charge is 0.492 e. The van der Waals surface area contributed by atoms with Crippen LogP contribution < -0.4 is 14.2 Å². The molecule has 0 aliphatic carbocycles. The van der Waals surface area contributed by atoms with Gasteiger partial charge in [-0.15, -0.1) is 0 Å². The van der Waals surface area contributed by atoms with Crippen LogP contribution in [0.1, 0.15) is 6.92 Å². The number of hydrogen-bond acceptors (Lipinski definition) is 4. The third kappa shape index (κ3) is 3.37. The summed E-state index contributed by atoms with van der Waals surface area (Å²) < 4.78 is 17.4. The summed E-state index contributed by atoms with van der Waals surface area (Å²) >= 11 is 0. The first-order valence-electron chi connectivity index (χ1n) is 9.65. The zero-order valence-corrected chi connectivity index (χ0v) is 17.1. The van der Waals surface area contributed by atoms with Crippen molar-refractivity contribution < 1.29 is 19.0 Å². The Kier molecular flexibility index (Phi) is 5.40. The van der Waals surface area contributed by atoms with Gasteiger partial charge < -0.3 is 14.2 Å². The molecule has 0 N–H and O–H groups in total. The van der Waals surface area contributed by atoms with Gasteiger partial charge in [-0.05, 0) is 22.6 Å². The molecule has 0 radical (unpaired) electrons. The van der Waals surface area contributed by atoms with Crippen molar-refractivity contribution in [3.05, 3.63) is 78.9 Å². The predicted molar refractivity (Wildman–Crippen MR) is 119 cm³/mol. The molecule has 0 atom stereocenters. The van der Waals surface area contributed by atoms with E-state index in [1.54, 1.807) is 20.3 Å². The number of ether oxygens (including phenoxy) is 3. The number of carbonyl (C=O) groups excluding carboxylic acids is 1. The maximum absolute atomic E-state index is 11.9. The quantitative estimate of drug-likeness (QED) is 0.300. The third-order valence-electron chi connectivity index (χ3n) is 4.99. The Morgan fingerprint density at radius 3 is 1.73 bits per heavy atom. The second-order valence-corrected chi connectivity index (χ2v) is 6.82. The second kappa shape index (κ2) is 8.29. The van der Waals surface area contributed by atoms with Crippen molar-refractivity contribution in [3.63, 3.8) is 0 Å². The predicted octanol–water partition coefficient (Wildman–Crippen LogP) is 6.12. The molecule has 4 aromatic rings. The van der Waals surface area contributed by atoms with Gasteiger partial charge in [0.15, 0.2) is 11.5 Å². The molecular weight excluding hydrogens is 376 g/mol. The summed E-state index contributed by atoms with van der Waals surface area (Å²) in [4.78, 5) is 11.9.